The molecule has 40 heavy (non-hydrogen) atoms. The summed E-state index contributed by atoms with van der Waals surface area (Å²) in [5.74, 6) is -2.02. The molecule has 1 aliphatic rings. The lowest BCUT2D eigenvalue weighted by Crippen LogP contribution is -2.40. The maximum atomic E-state index is 15.6. The number of anilines is 3. The number of alkyl halides is 1. The molecule has 0 radical (unpaired) electrons. The van der Waals surface area contributed by atoms with E-state index in [2.05, 4.69) is 20.0 Å². The van der Waals surface area contributed by atoms with Crippen LogP contribution >= 0.6 is 0 Å². The van der Waals surface area contributed by atoms with E-state index in [-0.39, 0.29) is 36.7 Å². The Morgan fingerprint density at radius 2 is 1.95 bits per heavy atom. The first kappa shape index (κ1) is 27.6. The molecule has 0 aliphatic carbocycles. The number of fused-ring (bicyclic) bond motifs is 1. The van der Waals surface area contributed by atoms with E-state index < -0.39 is 45.2 Å². The smallest absolute Gasteiger partial charge is 0.396 e. The van der Waals surface area contributed by atoms with Crippen LogP contribution in [0.5, 0.6) is 0 Å². The second-order valence-electron chi connectivity index (χ2n) is 9.47. The number of halogens is 3. The summed E-state index contributed by atoms with van der Waals surface area (Å²) < 4.78 is 71.4. The van der Waals surface area contributed by atoms with E-state index in [1.807, 2.05) is 24.3 Å². The molecule has 4 aromatic rings. The van der Waals surface area contributed by atoms with Crippen molar-refractivity contribution in [3.05, 3.63) is 76.2 Å². The first-order valence-corrected chi connectivity index (χ1v) is 13.9. The van der Waals surface area contributed by atoms with Gasteiger partial charge in [-0.1, -0.05) is 16.4 Å². The standard InChI is InChI=1S/C26H26F3N7O3S/c1-35-24-16(13-32-26(33-24)31-10-8-15-2-4-18(30)5-3-15)12-19(25(35)37)22-20(28)6-7-21(23(22)29)34-40(38,39)36-11-9-17(27)14-36/h2-7,12-13,17H,8-11,14,30H2,1H3,(H2-,31,32,33,34,37,38,39)/p+1/t17-/m1/s1. The number of nitrogens with two attached hydrogens (primary N) is 1. The number of nitrogen functional groups attached to an aromatic ring is 1. The third kappa shape index (κ3) is 5.50. The van der Waals surface area contributed by atoms with Gasteiger partial charge in [0.25, 0.3) is 5.56 Å². The number of rotatable bonds is 8. The van der Waals surface area contributed by atoms with Crippen molar-refractivity contribution in [2.24, 2.45) is 7.05 Å². The molecule has 2 aromatic carbocycles. The molecule has 5 rings (SSSR count). The van der Waals surface area contributed by atoms with Gasteiger partial charge in [0.2, 0.25) is 5.95 Å². The predicted molar refractivity (Wildman–Crippen MR) is 149 cm³/mol. The maximum absolute atomic E-state index is 15.6. The number of nitrogens with one attached hydrogen (secondary N) is 2. The van der Waals surface area contributed by atoms with Crippen molar-refractivity contribution in [3.63, 3.8) is 0 Å². The van der Waals surface area contributed by atoms with Gasteiger partial charge in [-0.3, -0.25) is 9.36 Å². The van der Waals surface area contributed by atoms with Crippen LogP contribution in [0.15, 0.2) is 53.5 Å². The number of aryl methyl sites for hydroxylation is 1. The van der Waals surface area contributed by atoms with Crippen LogP contribution in [0.1, 0.15) is 12.0 Å². The molecule has 10 nitrogen and oxygen atoms in total. The molecule has 0 amide bonds. The Hall–Kier alpha value is -4.01. The van der Waals surface area contributed by atoms with Gasteiger partial charge in [-0.25, -0.2) is 18.2 Å². The predicted octanol–water partition coefficient (Wildman–Crippen LogP) is 3.77. The van der Waals surface area contributed by atoms with E-state index in [0.717, 1.165) is 26.6 Å². The fourth-order valence-corrected chi connectivity index (χ4v) is 5.80. The second kappa shape index (κ2) is 10.9. The van der Waals surface area contributed by atoms with Crippen LogP contribution < -0.4 is 21.3 Å². The Morgan fingerprint density at radius 1 is 1.20 bits per heavy atom. The van der Waals surface area contributed by atoms with Crippen LogP contribution in [0.2, 0.25) is 0 Å². The monoisotopic (exact) mass is 574 g/mol. The van der Waals surface area contributed by atoms with Gasteiger partial charge in [0.1, 0.15) is 23.3 Å². The third-order valence-electron chi connectivity index (χ3n) is 6.67. The van der Waals surface area contributed by atoms with Gasteiger partial charge in [-0.15, -0.1) is 4.55 Å². The van der Waals surface area contributed by atoms with Gasteiger partial charge in [-0.05, 0) is 52.9 Å². The zero-order valence-electron chi connectivity index (χ0n) is 21.4. The van der Waals surface area contributed by atoms with E-state index in [4.69, 9.17) is 5.73 Å². The first-order chi connectivity index (χ1) is 19.0. The molecule has 0 saturated carbocycles. The van der Waals surface area contributed by atoms with Crippen molar-refractivity contribution in [1.29, 1.82) is 0 Å². The summed E-state index contributed by atoms with van der Waals surface area (Å²) in [5, 5.41) is 3.43. The van der Waals surface area contributed by atoms with E-state index in [1.54, 1.807) is 0 Å². The molecule has 5 N–H and O–H groups in total. The number of benzene rings is 2. The Bertz CT molecular complexity index is 1680. The fourth-order valence-electron chi connectivity index (χ4n) is 4.51. The minimum absolute atomic E-state index is 0.0113. The number of pyridine rings is 1. The maximum Gasteiger partial charge on any atom is 0.396 e. The Labute approximate surface area is 228 Å². The summed E-state index contributed by atoms with van der Waals surface area (Å²) in [4.78, 5) is 21.9. The summed E-state index contributed by atoms with van der Waals surface area (Å²) >= 11 is 0. The van der Waals surface area contributed by atoms with Crippen LogP contribution in [0.4, 0.5) is 30.5 Å². The average Bonchev–Trinajstić information content (AvgIpc) is 3.37. The van der Waals surface area contributed by atoms with Crippen molar-refractivity contribution in [2.75, 3.05) is 35.4 Å². The van der Waals surface area contributed by atoms with E-state index >= 15 is 4.39 Å². The van der Waals surface area contributed by atoms with Crippen LogP contribution in [-0.4, -0.2) is 49.2 Å². The van der Waals surface area contributed by atoms with Crippen molar-refractivity contribution in [1.82, 2.24) is 18.8 Å². The summed E-state index contributed by atoms with van der Waals surface area (Å²) in [6.07, 6.45) is 0.877. The SMILES string of the molecule is Cn1c(=O)c(-c2c(F)ccc(N[S+](=O)(O)N3CC[C@@H](F)C3)c2F)cc2cnc(NCCc3ccc(N)cc3)nc21. The average molecular weight is 575 g/mol. The van der Waals surface area contributed by atoms with Gasteiger partial charge in [0.05, 0.1) is 24.2 Å². The van der Waals surface area contributed by atoms with Crippen LogP contribution in [-0.2, 0) is 28.3 Å². The normalized spacial score (nSPS) is 17.2. The number of hydrogen-bond donors (Lipinski definition) is 4. The summed E-state index contributed by atoms with van der Waals surface area (Å²) in [6.45, 7) is 0.194. The molecule has 3 heterocycles. The van der Waals surface area contributed by atoms with Gasteiger partial charge < -0.3 is 11.1 Å². The molecule has 2 aromatic heterocycles. The molecule has 14 heteroatoms. The minimum atomic E-state index is -4.05. The lowest BCUT2D eigenvalue weighted by molar-refractivity contribution is 0.335. The molecule has 0 spiro atoms. The highest BCUT2D eigenvalue weighted by Gasteiger charge is 2.42. The Morgan fingerprint density at radius 3 is 2.65 bits per heavy atom. The summed E-state index contributed by atoms with van der Waals surface area (Å²) in [6, 6.07) is 10.5. The lowest BCUT2D eigenvalue weighted by atomic mass is 10.0. The highest BCUT2D eigenvalue weighted by molar-refractivity contribution is 7.96. The molecule has 0 bridgehead atoms. The molecular weight excluding hydrogens is 547 g/mol. The molecule has 1 fully saturated rings. The van der Waals surface area contributed by atoms with Crippen LogP contribution in [0, 0.1) is 11.6 Å². The quantitative estimate of drug-likeness (QED) is 0.186. The van der Waals surface area contributed by atoms with E-state index in [1.165, 1.54) is 19.3 Å². The number of hydrogen-bond acceptors (Lipinski definition) is 6. The largest absolute Gasteiger partial charge is 0.399 e. The number of nitrogens with zero attached hydrogens (tertiary/aromatic N) is 4. The summed E-state index contributed by atoms with van der Waals surface area (Å²) in [5.41, 5.74) is 5.42. The highest BCUT2D eigenvalue weighted by Crippen LogP contribution is 2.32. The highest BCUT2D eigenvalue weighted by atomic mass is 32.3. The zero-order valence-corrected chi connectivity index (χ0v) is 22.2. The Balaban J connectivity index is 1.43. The van der Waals surface area contributed by atoms with Crippen molar-refractivity contribution in [3.8, 4) is 11.1 Å². The molecule has 1 unspecified atom stereocenters. The van der Waals surface area contributed by atoms with E-state index in [9.17, 15) is 22.3 Å². The fraction of sp³-hybridized carbons (Fsp3) is 0.269. The molecule has 1 aliphatic heterocycles. The van der Waals surface area contributed by atoms with Gasteiger partial charge in [-0.2, -0.15) is 9.71 Å². The second-order valence-corrected chi connectivity index (χ2v) is 11.2. The summed E-state index contributed by atoms with van der Waals surface area (Å²) in [7, 11) is -2.64. The first-order valence-electron chi connectivity index (χ1n) is 12.4. The van der Waals surface area contributed by atoms with Gasteiger partial charge >= 0.3 is 10.6 Å². The Kier molecular flexibility index (Phi) is 7.49. The van der Waals surface area contributed by atoms with Gasteiger partial charge in [0.15, 0.2) is 5.82 Å². The molecule has 1 saturated heterocycles. The van der Waals surface area contributed by atoms with Gasteiger partial charge in [0, 0.05) is 30.9 Å². The van der Waals surface area contributed by atoms with Crippen LogP contribution in [0.25, 0.3) is 22.2 Å². The molecular formula is C26H27F3N7O3S+. The van der Waals surface area contributed by atoms with Crippen molar-refractivity contribution >= 4 is 38.9 Å². The topological polar surface area (TPSA) is 138 Å². The third-order valence-corrected chi connectivity index (χ3v) is 8.19. The van der Waals surface area contributed by atoms with Crippen LogP contribution in [0.3, 0.4) is 0 Å². The minimum Gasteiger partial charge on any atom is -0.399 e. The molecule has 2 atom stereocenters. The zero-order chi connectivity index (χ0) is 28.6. The lowest BCUT2D eigenvalue weighted by Gasteiger charge is -2.16. The van der Waals surface area contributed by atoms with Crippen molar-refractivity contribution < 1.29 is 21.9 Å². The van der Waals surface area contributed by atoms with Crippen molar-refractivity contribution in [2.45, 2.75) is 19.0 Å². The molecule has 210 valence electrons. The number of aromatic nitrogens is 3. The van der Waals surface area contributed by atoms with E-state index in [0.29, 0.717) is 24.0 Å².